The van der Waals surface area contributed by atoms with Gasteiger partial charge < -0.3 is 16.0 Å². The third-order valence-corrected chi connectivity index (χ3v) is 7.86. The lowest BCUT2D eigenvalue weighted by Crippen LogP contribution is -2.37. The van der Waals surface area contributed by atoms with Gasteiger partial charge in [0.25, 0.3) is 0 Å². The summed E-state index contributed by atoms with van der Waals surface area (Å²) in [7, 11) is 0. The van der Waals surface area contributed by atoms with Crippen LogP contribution in [0.5, 0.6) is 0 Å². The van der Waals surface area contributed by atoms with Crippen LogP contribution in [0.15, 0.2) is 87.9 Å². The first-order valence-corrected chi connectivity index (χ1v) is 19.7. The summed E-state index contributed by atoms with van der Waals surface area (Å²) in [6, 6.07) is 18.8. The highest BCUT2D eigenvalue weighted by atomic mass is 16.3. The largest absolute Gasteiger partial charge is 0.362 e. The zero-order chi connectivity index (χ0) is 47.4. The number of nitrogens with one attached hydrogen (secondary N) is 4. The van der Waals surface area contributed by atoms with E-state index in [0.29, 0.717) is 6.54 Å². The summed E-state index contributed by atoms with van der Waals surface area (Å²) in [6.45, 7) is 6.28. The third-order valence-electron chi connectivity index (χ3n) is 7.86. The fourth-order valence-corrected chi connectivity index (χ4v) is 5.05. The molecule has 0 spiro atoms. The second-order valence-electron chi connectivity index (χ2n) is 12.3. The maximum atomic E-state index is 12.4. The molecule has 4 rings (SSSR count). The van der Waals surface area contributed by atoms with Crippen LogP contribution < -0.4 is 16.0 Å². The van der Waals surface area contributed by atoms with E-state index >= 15 is 0 Å². The van der Waals surface area contributed by atoms with Crippen LogP contribution in [-0.4, -0.2) is 29.0 Å². The molecule has 1 aromatic heterocycles. The summed E-state index contributed by atoms with van der Waals surface area (Å²) in [6.07, 6.45) is 12.4. The van der Waals surface area contributed by atoms with Gasteiger partial charge in [-0.2, -0.15) is 5.53 Å². The average molecular weight is 887 g/mol. The maximum Gasteiger partial charge on any atom is 0.223 e. The Morgan fingerprint density at radius 2 is 1.27 bits per heavy atom. The number of terminal acetylenes is 1. The molecule has 2 heterocycles. The summed E-state index contributed by atoms with van der Waals surface area (Å²) in [5.74, 6) is 63.0. The number of nitrogens with zero attached hydrogens (tertiary/aromatic N) is 6. The average Bonchev–Trinajstić information content (AvgIpc) is 3.36. The van der Waals surface area contributed by atoms with Crippen LogP contribution in [0, 0.1) is 171 Å². The van der Waals surface area contributed by atoms with Crippen LogP contribution in [0.2, 0.25) is 0 Å². The number of carbonyl (C=O) groups is 1. The number of rotatable bonds is 11. The molecule has 0 bridgehead atoms. The van der Waals surface area contributed by atoms with E-state index < -0.39 is 0 Å². The lowest BCUT2D eigenvalue weighted by atomic mass is 9.97. The van der Waals surface area contributed by atoms with E-state index in [1.807, 2.05) is 35.6 Å². The Labute approximate surface area is 408 Å². The molecule has 1 amide bonds. The number of hydrogen-bond donors (Lipinski definition) is 4. The number of carbonyl (C=O) groups excluding carboxylic acids is 1. The SMILES string of the molecule is C#CC#CC#CC#CC#CC#CC#CC#CC#CC#CC#CC#CC#CC.CCCC(Nc1cncc(-c2ccc(CNC(=O)C3CCNCC3)cc2)n1)c1ccccc1.N=N/N=N/N=O.[HH].[HH].[HH].[HH].[HH].[HH].[HH].[HH].[HH].[HH].[HH].[HH].[HH].[HH]. The van der Waals surface area contributed by atoms with Gasteiger partial charge in [0, 0.05) is 90.6 Å². The minimum Gasteiger partial charge on any atom is -0.362 e. The van der Waals surface area contributed by atoms with Crippen molar-refractivity contribution in [2.45, 2.75) is 52.1 Å². The van der Waals surface area contributed by atoms with Gasteiger partial charge in [-0.15, -0.1) is 11.3 Å². The molecule has 12 heteroatoms. The Bertz CT molecular complexity index is 3050. The monoisotopic (exact) mass is 887 g/mol. The number of amides is 1. The molecule has 3 aromatic rings. The topological polar surface area (TPSA) is 169 Å². The second-order valence-corrected chi connectivity index (χ2v) is 12.3. The zero-order valence-corrected chi connectivity index (χ0v) is 36.0. The lowest BCUT2D eigenvalue weighted by molar-refractivity contribution is -0.125. The Morgan fingerprint density at radius 3 is 1.73 bits per heavy atom. The highest BCUT2D eigenvalue weighted by molar-refractivity contribution is 5.78. The molecule has 1 aliphatic heterocycles. The number of hydrogen-bond acceptors (Lipinski definition) is 7. The Balaban J connectivity index is -0.0000000806. The molecule has 0 saturated carbocycles. The van der Waals surface area contributed by atoms with Gasteiger partial charge in [0.05, 0.1) is 24.1 Å². The van der Waals surface area contributed by atoms with Crippen LogP contribution >= 0.6 is 0 Å². The summed E-state index contributed by atoms with van der Waals surface area (Å²) < 4.78 is 0. The van der Waals surface area contributed by atoms with E-state index in [4.69, 9.17) is 21.8 Å². The summed E-state index contributed by atoms with van der Waals surface area (Å²) in [5, 5.41) is 19.2. The Morgan fingerprint density at radius 1 is 0.758 bits per heavy atom. The van der Waals surface area contributed by atoms with Gasteiger partial charge >= 0.3 is 0 Å². The van der Waals surface area contributed by atoms with E-state index in [-0.39, 0.29) is 37.8 Å². The minimum atomic E-state index is 0. The number of aromatic nitrogens is 2. The van der Waals surface area contributed by atoms with Gasteiger partial charge in [-0.1, -0.05) is 73.9 Å². The van der Waals surface area contributed by atoms with E-state index in [0.717, 1.165) is 61.4 Å². The van der Waals surface area contributed by atoms with Crippen molar-refractivity contribution in [2.75, 3.05) is 18.4 Å². The van der Waals surface area contributed by atoms with Crippen LogP contribution in [-0.2, 0) is 11.3 Å². The molecule has 1 saturated heterocycles. The predicted octanol–water partition coefficient (Wildman–Crippen LogP) is 9.90. The van der Waals surface area contributed by atoms with Crippen molar-refractivity contribution in [1.29, 1.82) is 5.53 Å². The third kappa shape index (κ3) is 25.5. The van der Waals surface area contributed by atoms with Crippen molar-refractivity contribution in [3.05, 3.63) is 83.0 Å². The van der Waals surface area contributed by atoms with Crippen molar-refractivity contribution in [3.63, 3.8) is 0 Å². The minimum absolute atomic E-state index is 0. The summed E-state index contributed by atoms with van der Waals surface area (Å²) in [5.41, 5.74) is 10.0. The molecule has 1 aliphatic rings. The number of piperidine rings is 1. The quantitative estimate of drug-likeness (QED) is 0.0647. The number of benzene rings is 2. The summed E-state index contributed by atoms with van der Waals surface area (Å²) >= 11 is 0. The summed E-state index contributed by atoms with van der Waals surface area (Å²) in [4.78, 5) is 30.5. The lowest BCUT2D eigenvalue weighted by Gasteiger charge is -2.21. The van der Waals surface area contributed by atoms with Crippen molar-refractivity contribution in [2.24, 2.45) is 26.9 Å². The van der Waals surface area contributed by atoms with Gasteiger partial charge in [-0.05, 0) is 156 Å². The van der Waals surface area contributed by atoms with Gasteiger partial charge in [0.1, 0.15) is 11.1 Å². The smallest absolute Gasteiger partial charge is 0.223 e. The second kappa shape index (κ2) is 36.7. The van der Waals surface area contributed by atoms with E-state index in [1.165, 1.54) is 5.56 Å². The molecule has 1 atom stereocenters. The molecular formula is C54H66N10O2. The predicted molar refractivity (Wildman–Crippen MR) is 286 cm³/mol. The van der Waals surface area contributed by atoms with Crippen LogP contribution in [0.1, 0.15) is 76.7 Å². The highest BCUT2D eigenvalue weighted by Gasteiger charge is 2.20. The molecule has 344 valence electrons. The fraction of sp³-hybridized carbons (Fsp3) is 0.204. The molecule has 12 nitrogen and oxygen atoms in total. The standard InChI is InChI=1S/C27H33N5O.C27H4.HN5O.14H2/c1-2-6-24(21-7-4-3-5-8-21)31-26-19-29-18-25(32-26)22-11-9-20(10-12-22)17-30-27(33)23-13-15-28-16-14-23;1-3-5-7-9-11-13-15-17-19-21-23-25-27-26-24-22-20-18-16-14-12-10-8-6-4-2;1-2-3-4-5-6;;;;;;;;;;;;;;/h3-5,7-12,18-19,23-24,28H,2,6,13-17H2,1H3,(H,30,33)(H,31,32);1H,2H3;1H;14*1H/b;;2-1?,4-3+;;;;;;;;;;;;;;. The fourth-order valence-electron chi connectivity index (χ4n) is 5.05. The first-order chi connectivity index (χ1) is 32.6. The maximum absolute atomic E-state index is 12.4. The molecule has 66 heavy (non-hydrogen) atoms. The number of anilines is 1. The molecule has 4 N–H and O–H groups in total. The first-order valence-electron chi connectivity index (χ1n) is 19.7. The van der Waals surface area contributed by atoms with Crippen molar-refractivity contribution >= 4 is 11.7 Å². The van der Waals surface area contributed by atoms with Crippen molar-refractivity contribution in [3.8, 4) is 166 Å². The zero-order valence-electron chi connectivity index (χ0n) is 36.0. The van der Waals surface area contributed by atoms with E-state index in [1.54, 1.807) is 19.3 Å². The van der Waals surface area contributed by atoms with E-state index in [9.17, 15) is 4.79 Å². The van der Waals surface area contributed by atoms with Crippen LogP contribution in [0.4, 0.5) is 5.82 Å². The van der Waals surface area contributed by atoms with Gasteiger partial charge in [-0.3, -0.25) is 9.78 Å². The molecule has 0 aliphatic carbocycles. The van der Waals surface area contributed by atoms with Crippen molar-refractivity contribution in [1.82, 2.24) is 20.6 Å². The van der Waals surface area contributed by atoms with Gasteiger partial charge in [0.15, 0.2) is 0 Å². The Hall–Kier alpha value is -10.2. The van der Waals surface area contributed by atoms with Crippen LogP contribution in [0.25, 0.3) is 11.3 Å². The van der Waals surface area contributed by atoms with E-state index in [2.05, 4.69) is 216 Å². The molecule has 1 unspecified atom stereocenters. The Kier molecular flexibility index (Phi) is 28.9. The molecule has 0 radical (unpaired) electrons. The van der Waals surface area contributed by atoms with Crippen molar-refractivity contribution < 1.29 is 24.8 Å². The molecule has 2 aromatic carbocycles. The highest BCUT2D eigenvalue weighted by Crippen LogP contribution is 2.25. The molecular weight excluding hydrogens is 821 g/mol. The first kappa shape index (κ1) is 52.0. The normalized spacial score (nSPS) is 9.89. The van der Waals surface area contributed by atoms with Gasteiger partial charge in [0.2, 0.25) is 5.91 Å². The van der Waals surface area contributed by atoms with Crippen LogP contribution in [0.3, 0.4) is 0 Å². The molecule has 1 fully saturated rings. The number of nitroso groups, excluding NO2 is 1. The van der Waals surface area contributed by atoms with Gasteiger partial charge in [-0.25, -0.2) is 4.98 Å².